The van der Waals surface area contributed by atoms with Gasteiger partial charge in [-0.1, -0.05) is 53.7 Å². The third-order valence-electron chi connectivity index (χ3n) is 5.95. The molecule has 0 aliphatic heterocycles. The van der Waals surface area contributed by atoms with Gasteiger partial charge >= 0.3 is 0 Å². The van der Waals surface area contributed by atoms with E-state index in [1.807, 2.05) is 72.1 Å². The summed E-state index contributed by atoms with van der Waals surface area (Å²) in [5.41, 5.74) is 2.98. The van der Waals surface area contributed by atoms with Crippen molar-refractivity contribution < 1.29 is 14.3 Å². The number of amides is 2. The molecule has 0 saturated carbocycles. The maximum Gasteiger partial charge on any atom is 0.249 e. The predicted molar refractivity (Wildman–Crippen MR) is 143 cm³/mol. The van der Waals surface area contributed by atoms with E-state index in [0.717, 1.165) is 16.0 Å². The van der Waals surface area contributed by atoms with E-state index in [1.54, 1.807) is 36.1 Å². The van der Waals surface area contributed by atoms with Crippen LogP contribution in [-0.2, 0) is 22.7 Å². The molecule has 5 rings (SSSR count). The van der Waals surface area contributed by atoms with Crippen LogP contribution in [0.5, 0.6) is 5.75 Å². The summed E-state index contributed by atoms with van der Waals surface area (Å²) in [5, 5.41) is 13.3. The van der Waals surface area contributed by atoms with Gasteiger partial charge in [-0.05, 0) is 53.4 Å². The molecule has 0 spiro atoms. The van der Waals surface area contributed by atoms with Gasteiger partial charge < -0.3 is 10.1 Å². The first-order chi connectivity index (χ1) is 18.1. The molecule has 2 aromatic heterocycles. The van der Waals surface area contributed by atoms with Gasteiger partial charge in [0.2, 0.25) is 11.8 Å². The van der Waals surface area contributed by atoms with Crippen LogP contribution in [0, 0.1) is 0 Å². The van der Waals surface area contributed by atoms with Crippen molar-refractivity contribution in [2.24, 2.45) is 0 Å². The molecule has 3 aromatic carbocycles. The average molecular weight is 512 g/mol. The molecule has 0 radical (unpaired) electrons. The number of nitrogens with one attached hydrogen (secondary N) is 1. The fraction of sp³-hybridized carbons (Fsp3) is 0.143. The average Bonchev–Trinajstić information content (AvgIpc) is 3.62. The molecule has 186 valence electrons. The maximum atomic E-state index is 14.0. The molecule has 0 fully saturated rings. The van der Waals surface area contributed by atoms with Gasteiger partial charge in [0.25, 0.3) is 0 Å². The normalized spacial score (nSPS) is 11.7. The lowest BCUT2D eigenvalue weighted by atomic mass is 10.1. The second kappa shape index (κ2) is 11.0. The number of fused-ring (bicyclic) bond motifs is 1. The highest BCUT2D eigenvalue weighted by Gasteiger charge is 2.34. The number of nitrogens with zero attached hydrogens (tertiary/aromatic N) is 4. The van der Waals surface area contributed by atoms with Crippen LogP contribution in [0.1, 0.15) is 16.5 Å². The van der Waals surface area contributed by atoms with Crippen LogP contribution >= 0.6 is 11.3 Å². The summed E-state index contributed by atoms with van der Waals surface area (Å²) in [5.74, 6) is 0.0765. The number of carbonyl (C=O) groups excluding carboxylic acids is 2. The summed E-state index contributed by atoms with van der Waals surface area (Å²) in [6.07, 6.45) is 0. The van der Waals surface area contributed by atoms with E-state index in [9.17, 15) is 9.59 Å². The van der Waals surface area contributed by atoms with Crippen LogP contribution in [0.25, 0.3) is 11.0 Å². The van der Waals surface area contributed by atoms with Gasteiger partial charge in [0.1, 0.15) is 23.9 Å². The zero-order chi connectivity index (χ0) is 25.6. The Labute approximate surface area is 218 Å². The lowest BCUT2D eigenvalue weighted by Crippen LogP contribution is -2.44. The molecule has 5 aromatic rings. The number of methoxy groups -OCH3 is 1. The zero-order valence-electron chi connectivity index (χ0n) is 20.2. The molecule has 2 amide bonds. The van der Waals surface area contributed by atoms with E-state index in [4.69, 9.17) is 4.74 Å². The molecular formula is C28H25N5O3S. The minimum Gasteiger partial charge on any atom is -0.497 e. The lowest BCUT2D eigenvalue weighted by molar-refractivity contribution is -0.127. The van der Waals surface area contributed by atoms with Gasteiger partial charge in [-0.3, -0.25) is 14.5 Å². The number of benzene rings is 3. The van der Waals surface area contributed by atoms with Crippen LogP contribution < -0.4 is 15.0 Å². The molecule has 0 aliphatic carbocycles. The number of hydrogen-bond donors (Lipinski definition) is 1. The summed E-state index contributed by atoms with van der Waals surface area (Å²) in [7, 11) is 1.58. The highest BCUT2D eigenvalue weighted by molar-refractivity contribution is 7.10. The topological polar surface area (TPSA) is 89.3 Å². The van der Waals surface area contributed by atoms with Crippen molar-refractivity contribution in [2.45, 2.75) is 19.1 Å². The van der Waals surface area contributed by atoms with Crippen molar-refractivity contribution in [3.05, 3.63) is 107 Å². The highest BCUT2D eigenvalue weighted by atomic mass is 32.1. The number of carbonyl (C=O) groups is 2. The van der Waals surface area contributed by atoms with Crippen molar-refractivity contribution in [3.63, 3.8) is 0 Å². The molecule has 37 heavy (non-hydrogen) atoms. The first-order valence-corrected chi connectivity index (χ1v) is 12.6. The highest BCUT2D eigenvalue weighted by Crippen LogP contribution is 2.32. The van der Waals surface area contributed by atoms with Crippen molar-refractivity contribution in [1.82, 2.24) is 20.3 Å². The number of anilines is 1. The number of para-hydroxylation sites is 1. The number of hydrogen-bond acceptors (Lipinski definition) is 6. The first kappa shape index (κ1) is 24.2. The molecule has 2 heterocycles. The summed E-state index contributed by atoms with van der Waals surface area (Å²) >= 11 is 1.43. The smallest absolute Gasteiger partial charge is 0.249 e. The lowest BCUT2D eigenvalue weighted by Gasteiger charge is -2.30. The first-order valence-electron chi connectivity index (χ1n) is 11.7. The molecule has 0 aliphatic rings. The standard InChI is InChI=1S/C28H25N5O3S/c1-36-22-15-13-21(14-16-22)33(26(34)19-32-24-11-6-5-10-23(24)30-31-32)27(25-12-7-17-37-25)28(35)29-18-20-8-3-2-4-9-20/h2-17,27H,18-19H2,1H3,(H,29,35)/t27-/m1/s1. The molecule has 0 bridgehead atoms. The fourth-order valence-corrected chi connectivity index (χ4v) is 4.93. The number of aromatic nitrogens is 3. The SMILES string of the molecule is COc1ccc(N(C(=O)Cn2nnc3ccccc32)[C@@H](C(=O)NCc2ccccc2)c2cccs2)cc1. The number of ether oxygens (including phenoxy) is 1. The van der Waals surface area contributed by atoms with E-state index in [1.165, 1.54) is 16.2 Å². The Kier molecular flexibility index (Phi) is 7.23. The van der Waals surface area contributed by atoms with Crippen LogP contribution in [-0.4, -0.2) is 33.9 Å². The van der Waals surface area contributed by atoms with Crippen LogP contribution in [0.4, 0.5) is 5.69 Å². The van der Waals surface area contributed by atoms with Crippen LogP contribution in [0.15, 0.2) is 96.4 Å². The minimum absolute atomic E-state index is 0.0830. The summed E-state index contributed by atoms with van der Waals surface area (Å²) in [6.45, 7) is 0.264. The Morgan fingerprint density at radius 2 is 1.73 bits per heavy atom. The number of rotatable bonds is 9. The summed E-state index contributed by atoms with van der Waals surface area (Å²) < 4.78 is 6.86. The van der Waals surface area contributed by atoms with Gasteiger partial charge in [0.05, 0.1) is 12.6 Å². The number of thiophene rings is 1. The van der Waals surface area contributed by atoms with Crippen molar-refractivity contribution in [1.29, 1.82) is 0 Å². The minimum atomic E-state index is -0.876. The second-order valence-corrected chi connectivity index (χ2v) is 9.30. The quantitative estimate of drug-likeness (QED) is 0.313. The Morgan fingerprint density at radius 1 is 0.973 bits per heavy atom. The third-order valence-corrected chi connectivity index (χ3v) is 6.88. The van der Waals surface area contributed by atoms with Gasteiger partial charge in [0.15, 0.2) is 0 Å². The molecule has 1 N–H and O–H groups in total. The summed E-state index contributed by atoms with van der Waals surface area (Å²) in [6, 6.07) is 27.1. The maximum absolute atomic E-state index is 14.0. The van der Waals surface area contributed by atoms with E-state index in [0.29, 0.717) is 23.5 Å². The Balaban J connectivity index is 1.51. The second-order valence-electron chi connectivity index (χ2n) is 8.32. The fourth-order valence-electron chi connectivity index (χ4n) is 4.12. The summed E-state index contributed by atoms with van der Waals surface area (Å²) in [4.78, 5) is 29.9. The van der Waals surface area contributed by atoms with Gasteiger partial charge in [-0.15, -0.1) is 16.4 Å². The monoisotopic (exact) mass is 511 g/mol. The van der Waals surface area contributed by atoms with Crippen molar-refractivity contribution in [3.8, 4) is 5.75 Å². The van der Waals surface area contributed by atoms with Crippen LogP contribution in [0.2, 0.25) is 0 Å². The van der Waals surface area contributed by atoms with Crippen molar-refractivity contribution in [2.75, 3.05) is 12.0 Å². The van der Waals surface area contributed by atoms with E-state index >= 15 is 0 Å². The van der Waals surface area contributed by atoms with Gasteiger partial charge in [0, 0.05) is 17.1 Å². The Bertz CT molecular complexity index is 1480. The Morgan fingerprint density at radius 3 is 2.46 bits per heavy atom. The van der Waals surface area contributed by atoms with E-state index in [-0.39, 0.29) is 18.4 Å². The van der Waals surface area contributed by atoms with E-state index in [2.05, 4.69) is 15.6 Å². The van der Waals surface area contributed by atoms with Gasteiger partial charge in [-0.25, -0.2) is 4.68 Å². The molecule has 9 heteroatoms. The van der Waals surface area contributed by atoms with E-state index < -0.39 is 6.04 Å². The largest absolute Gasteiger partial charge is 0.497 e. The Hall–Kier alpha value is -4.50. The molecule has 0 saturated heterocycles. The molecule has 0 unspecified atom stereocenters. The third kappa shape index (κ3) is 5.36. The predicted octanol–water partition coefficient (Wildman–Crippen LogP) is 4.59. The van der Waals surface area contributed by atoms with Crippen LogP contribution in [0.3, 0.4) is 0 Å². The van der Waals surface area contributed by atoms with Crippen molar-refractivity contribution >= 4 is 39.9 Å². The molecular weight excluding hydrogens is 486 g/mol. The molecule has 1 atom stereocenters. The molecule has 8 nitrogen and oxygen atoms in total. The van der Waals surface area contributed by atoms with Gasteiger partial charge in [-0.2, -0.15) is 0 Å². The zero-order valence-corrected chi connectivity index (χ0v) is 21.0.